The van der Waals surface area contributed by atoms with E-state index in [9.17, 15) is 9.59 Å². The zero-order chi connectivity index (χ0) is 13.6. The van der Waals surface area contributed by atoms with Crippen LogP contribution in [0, 0.1) is 11.3 Å². The highest BCUT2D eigenvalue weighted by Gasteiger charge is 2.21. The van der Waals surface area contributed by atoms with Crippen LogP contribution < -0.4 is 10.6 Å². The quantitative estimate of drug-likeness (QED) is 0.647. The SMILES string of the molecule is CC(=O)NC(CNCC(C)C(C)(C)C)C(=O)O. The van der Waals surface area contributed by atoms with Gasteiger partial charge in [0, 0.05) is 13.5 Å². The molecule has 0 heterocycles. The van der Waals surface area contributed by atoms with E-state index >= 15 is 0 Å². The van der Waals surface area contributed by atoms with Crippen molar-refractivity contribution in [3.63, 3.8) is 0 Å². The summed E-state index contributed by atoms with van der Waals surface area (Å²) in [5, 5.41) is 14.4. The summed E-state index contributed by atoms with van der Waals surface area (Å²) in [4.78, 5) is 21.7. The van der Waals surface area contributed by atoms with Gasteiger partial charge in [-0.2, -0.15) is 0 Å². The highest BCUT2D eigenvalue weighted by atomic mass is 16.4. The molecule has 0 aliphatic carbocycles. The topological polar surface area (TPSA) is 78.4 Å². The number of amides is 1. The molecule has 0 aliphatic rings. The number of carboxylic acid groups (broad SMARTS) is 1. The predicted octanol–water partition coefficient (Wildman–Crippen LogP) is 0.847. The molecule has 17 heavy (non-hydrogen) atoms. The Hall–Kier alpha value is -1.10. The van der Waals surface area contributed by atoms with Crippen molar-refractivity contribution in [1.82, 2.24) is 10.6 Å². The first-order chi connectivity index (χ1) is 7.64. The highest BCUT2D eigenvalue weighted by molar-refractivity contribution is 5.82. The van der Waals surface area contributed by atoms with Crippen LogP contribution >= 0.6 is 0 Å². The number of rotatable bonds is 6. The van der Waals surface area contributed by atoms with Crippen molar-refractivity contribution in [2.24, 2.45) is 11.3 Å². The van der Waals surface area contributed by atoms with Crippen LogP contribution in [0.15, 0.2) is 0 Å². The molecule has 2 atom stereocenters. The third kappa shape index (κ3) is 6.94. The molecule has 0 spiro atoms. The first-order valence-corrected chi connectivity index (χ1v) is 5.85. The van der Waals surface area contributed by atoms with Crippen LogP contribution in [0.4, 0.5) is 0 Å². The normalized spacial score (nSPS) is 15.1. The molecule has 5 heteroatoms. The summed E-state index contributed by atoms with van der Waals surface area (Å²) in [6, 6.07) is -0.861. The van der Waals surface area contributed by atoms with E-state index in [2.05, 4.69) is 38.3 Å². The molecule has 0 aromatic heterocycles. The summed E-state index contributed by atoms with van der Waals surface area (Å²) in [7, 11) is 0. The molecule has 0 rings (SSSR count). The fourth-order valence-electron chi connectivity index (χ4n) is 1.20. The number of nitrogens with one attached hydrogen (secondary N) is 2. The Morgan fingerprint density at radius 1 is 1.24 bits per heavy atom. The average Bonchev–Trinajstić information content (AvgIpc) is 2.13. The lowest BCUT2D eigenvalue weighted by Gasteiger charge is -2.28. The van der Waals surface area contributed by atoms with Gasteiger partial charge in [0.2, 0.25) is 5.91 Å². The molecule has 0 radical (unpaired) electrons. The van der Waals surface area contributed by atoms with Gasteiger partial charge < -0.3 is 15.7 Å². The van der Waals surface area contributed by atoms with Gasteiger partial charge in [0.05, 0.1) is 0 Å². The number of carboxylic acids is 1. The first-order valence-electron chi connectivity index (χ1n) is 5.85. The van der Waals surface area contributed by atoms with Crippen molar-refractivity contribution in [1.29, 1.82) is 0 Å². The fourth-order valence-corrected chi connectivity index (χ4v) is 1.20. The Balaban J connectivity index is 4.07. The Labute approximate surface area is 103 Å². The highest BCUT2D eigenvalue weighted by Crippen LogP contribution is 2.24. The van der Waals surface area contributed by atoms with Gasteiger partial charge in [-0.15, -0.1) is 0 Å². The van der Waals surface area contributed by atoms with Crippen molar-refractivity contribution in [3.05, 3.63) is 0 Å². The molecule has 0 aromatic rings. The van der Waals surface area contributed by atoms with Crippen molar-refractivity contribution < 1.29 is 14.7 Å². The second kappa shape index (κ2) is 6.59. The lowest BCUT2D eigenvalue weighted by molar-refractivity contribution is -0.141. The number of hydrogen-bond acceptors (Lipinski definition) is 3. The first kappa shape index (κ1) is 15.9. The fraction of sp³-hybridized carbons (Fsp3) is 0.833. The van der Waals surface area contributed by atoms with Gasteiger partial charge in [-0.3, -0.25) is 4.79 Å². The molecule has 5 nitrogen and oxygen atoms in total. The van der Waals surface area contributed by atoms with Crippen molar-refractivity contribution in [2.75, 3.05) is 13.1 Å². The molecule has 0 aliphatic heterocycles. The minimum Gasteiger partial charge on any atom is -0.480 e. The van der Waals surface area contributed by atoms with Crippen LogP contribution in [0.3, 0.4) is 0 Å². The zero-order valence-electron chi connectivity index (χ0n) is 11.3. The molecule has 1 amide bonds. The van der Waals surface area contributed by atoms with E-state index in [1.807, 2.05) is 0 Å². The Morgan fingerprint density at radius 2 is 1.76 bits per heavy atom. The number of hydrogen-bond donors (Lipinski definition) is 3. The smallest absolute Gasteiger partial charge is 0.327 e. The number of aliphatic carboxylic acids is 1. The molecule has 3 N–H and O–H groups in total. The van der Waals surface area contributed by atoms with E-state index in [0.717, 1.165) is 6.54 Å². The van der Waals surface area contributed by atoms with Crippen LogP contribution in [0.2, 0.25) is 0 Å². The lowest BCUT2D eigenvalue weighted by atomic mass is 9.82. The minimum absolute atomic E-state index is 0.180. The maximum atomic E-state index is 10.9. The summed E-state index contributed by atoms with van der Waals surface area (Å²) in [6.45, 7) is 10.8. The molecule has 0 saturated heterocycles. The Bertz CT molecular complexity index is 271. The molecule has 2 unspecified atom stereocenters. The van der Waals surface area contributed by atoms with E-state index in [-0.39, 0.29) is 17.9 Å². The third-order valence-corrected chi connectivity index (χ3v) is 2.95. The van der Waals surface area contributed by atoms with Gasteiger partial charge in [0.25, 0.3) is 0 Å². The second-order valence-corrected chi connectivity index (χ2v) is 5.52. The molecular weight excluding hydrogens is 220 g/mol. The van der Waals surface area contributed by atoms with Gasteiger partial charge in [0.15, 0.2) is 0 Å². The molecule has 0 fully saturated rings. The number of carbonyl (C=O) groups is 2. The Kier molecular flexibility index (Phi) is 6.16. The van der Waals surface area contributed by atoms with Crippen molar-refractivity contribution >= 4 is 11.9 Å². The van der Waals surface area contributed by atoms with Crippen LogP contribution in [0.1, 0.15) is 34.6 Å². The number of carbonyl (C=O) groups excluding carboxylic acids is 1. The van der Waals surface area contributed by atoms with Gasteiger partial charge in [-0.1, -0.05) is 27.7 Å². The summed E-state index contributed by atoms with van der Waals surface area (Å²) in [5.41, 5.74) is 0.180. The second-order valence-electron chi connectivity index (χ2n) is 5.52. The van der Waals surface area contributed by atoms with E-state index in [4.69, 9.17) is 5.11 Å². The summed E-state index contributed by atoms with van der Waals surface area (Å²) >= 11 is 0. The van der Waals surface area contributed by atoms with Crippen molar-refractivity contribution in [2.45, 2.75) is 40.7 Å². The van der Waals surface area contributed by atoms with Gasteiger partial charge in [0.1, 0.15) is 6.04 Å². The lowest BCUT2D eigenvalue weighted by Crippen LogP contribution is -2.47. The summed E-state index contributed by atoms with van der Waals surface area (Å²) in [6.07, 6.45) is 0. The van der Waals surface area contributed by atoms with Crippen LogP contribution in [-0.2, 0) is 9.59 Å². The van der Waals surface area contributed by atoms with E-state index in [0.29, 0.717) is 5.92 Å². The van der Waals surface area contributed by atoms with Crippen LogP contribution in [-0.4, -0.2) is 36.1 Å². The monoisotopic (exact) mass is 244 g/mol. The molecular formula is C12H24N2O3. The Morgan fingerprint density at radius 3 is 2.12 bits per heavy atom. The van der Waals surface area contributed by atoms with E-state index < -0.39 is 12.0 Å². The minimum atomic E-state index is -1.02. The van der Waals surface area contributed by atoms with Gasteiger partial charge >= 0.3 is 5.97 Å². The van der Waals surface area contributed by atoms with Gasteiger partial charge in [-0.25, -0.2) is 4.79 Å². The molecule has 0 bridgehead atoms. The summed E-state index contributed by atoms with van der Waals surface area (Å²) in [5.74, 6) is -0.923. The van der Waals surface area contributed by atoms with Gasteiger partial charge in [-0.05, 0) is 17.9 Å². The van der Waals surface area contributed by atoms with Crippen LogP contribution in [0.5, 0.6) is 0 Å². The maximum absolute atomic E-state index is 10.9. The summed E-state index contributed by atoms with van der Waals surface area (Å²) < 4.78 is 0. The van der Waals surface area contributed by atoms with Crippen LogP contribution in [0.25, 0.3) is 0 Å². The maximum Gasteiger partial charge on any atom is 0.327 e. The third-order valence-electron chi connectivity index (χ3n) is 2.95. The zero-order valence-corrected chi connectivity index (χ0v) is 11.3. The standard InChI is InChI=1S/C12H24N2O3/c1-8(12(3,4)5)6-13-7-10(11(16)17)14-9(2)15/h8,10,13H,6-7H2,1-5H3,(H,14,15)(H,16,17). The average molecular weight is 244 g/mol. The molecule has 100 valence electrons. The predicted molar refractivity (Wildman–Crippen MR) is 66.7 cm³/mol. The largest absolute Gasteiger partial charge is 0.480 e. The van der Waals surface area contributed by atoms with E-state index in [1.54, 1.807) is 0 Å². The molecule has 0 aromatic carbocycles. The molecule has 0 saturated carbocycles. The van der Waals surface area contributed by atoms with Crippen molar-refractivity contribution in [3.8, 4) is 0 Å². The van der Waals surface area contributed by atoms with E-state index in [1.165, 1.54) is 6.92 Å².